The molecule has 0 aliphatic heterocycles. The maximum absolute atomic E-state index is 5.26. The molecule has 0 fully saturated rings. The minimum absolute atomic E-state index is 0.0742. The van der Waals surface area contributed by atoms with Crippen molar-refractivity contribution in [2.75, 3.05) is 13.7 Å². The summed E-state index contributed by atoms with van der Waals surface area (Å²) in [5.41, 5.74) is 2.17. The highest BCUT2D eigenvalue weighted by Gasteiger charge is 2.17. The maximum atomic E-state index is 5.26. The third-order valence-corrected chi connectivity index (χ3v) is 2.88. The van der Waals surface area contributed by atoms with Crippen LogP contribution in [0.2, 0.25) is 0 Å². The van der Waals surface area contributed by atoms with Crippen LogP contribution in [0, 0.1) is 0 Å². The first-order valence-corrected chi connectivity index (χ1v) is 5.98. The molecule has 1 heterocycles. The predicted octanol–water partition coefficient (Wildman–Crippen LogP) is 1.52. The van der Waals surface area contributed by atoms with Crippen molar-refractivity contribution in [2.45, 2.75) is 13.0 Å². The zero-order valence-corrected chi connectivity index (χ0v) is 10.9. The third kappa shape index (κ3) is 2.51. The molecule has 0 saturated carbocycles. The van der Waals surface area contributed by atoms with Gasteiger partial charge in [-0.2, -0.15) is 0 Å². The first-order valence-electron chi connectivity index (χ1n) is 5.98. The molecule has 18 heavy (non-hydrogen) atoms. The van der Waals surface area contributed by atoms with Crippen LogP contribution in [0.15, 0.2) is 30.5 Å². The molecule has 0 amide bonds. The first kappa shape index (κ1) is 12.6. The molecule has 1 N–H and O–H groups in total. The molecule has 0 radical (unpaired) electrons. The van der Waals surface area contributed by atoms with Crippen LogP contribution in [-0.2, 0) is 7.05 Å². The molecular formula is C13H18N4O. The number of hydrogen-bond donors (Lipinski definition) is 1. The Morgan fingerprint density at radius 3 is 2.89 bits per heavy atom. The predicted molar refractivity (Wildman–Crippen MR) is 69.5 cm³/mol. The fourth-order valence-corrected chi connectivity index (χ4v) is 1.98. The highest BCUT2D eigenvalue weighted by atomic mass is 16.5. The largest absolute Gasteiger partial charge is 0.497 e. The van der Waals surface area contributed by atoms with Gasteiger partial charge in [0.05, 0.1) is 25.0 Å². The van der Waals surface area contributed by atoms with E-state index in [0.717, 1.165) is 23.6 Å². The molecule has 5 heteroatoms. The summed E-state index contributed by atoms with van der Waals surface area (Å²) in [6.45, 7) is 2.95. The van der Waals surface area contributed by atoms with E-state index in [1.807, 2.05) is 25.2 Å². The van der Waals surface area contributed by atoms with Crippen LogP contribution in [0.3, 0.4) is 0 Å². The van der Waals surface area contributed by atoms with Crippen LogP contribution in [0.1, 0.15) is 24.2 Å². The van der Waals surface area contributed by atoms with Gasteiger partial charge < -0.3 is 10.1 Å². The Morgan fingerprint density at radius 2 is 2.28 bits per heavy atom. The molecule has 0 aliphatic carbocycles. The van der Waals surface area contributed by atoms with E-state index in [1.165, 1.54) is 0 Å². The molecule has 96 valence electrons. The molecule has 0 spiro atoms. The molecular weight excluding hydrogens is 228 g/mol. The average molecular weight is 246 g/mol. The lowest BCUT2D eigenvalue weighted by Gasteiger charge is -2.18. The van der Waals surface area contributed by atoms with Crippen molar-refractivity contribution < 1.29 is 4.74 Å². The second-order valence-electron chi connectivity index (χ2n) is 4.05. The summed E-state index contributed by atoms with van der Waals surface area (Å²) >= 11 is 0. The van der Waals surface area contributed by atoms with Gasteiger partial charge in [0.2, 0.25) is 0 Å². The van der Waals surface area contributed by atoms with Gasteiger partial charge in [-0.3, -0.25) is 4.68 Å². The number of methoxy groups -OCH3 is 1. The smallest absolute Gasteiger partial charge is 0.119 e. The second kappa shape index (κ2) is 5.64. The molecule has 2 aromatic rings. The molecule has 0 saturated heterocycles. The van der Waals surface area contributed by atoms with Gasteiger partial charge in [0.25, 0.3) is 0 Å². The minimum Gasteiger partial charge on any atom is -0.497 e. The van der Waals surface area contributed by atoms with E-state index in [-0.39, 0.29) is 6.04 Å². The second-order valence-corrected chi connectivity index (χ2v) is 4.05. The summed E-state index contributed by atoms with van der Waals surface area (Å²) < 4.78 is 7.05. The van der Waals surface area contributed by atoms with E-state index in [1.54, 1.807) is 18.0 Å². The summed E-state index contributed by atoms with van der Waals surface area (Å²) in [6.07, 6.45) is 1.78. The number of hydrogen-bond acceptors (Lipinski definition) is 4. The third-order valence-electron chi connectivity index (χ3n) is 2.88. The first-order chi connectivity index (χ1) is 8.76. The van der Waals surface area contributed by atoms with Crippen molar-refractivity contribution in [3.8, 4) is 5.75 Å². The number of benzene rings is 1. The lowest BCUT2D eigenvalue weighted by molar-refractivity contribution is 0.413. The average Bonchev–Trinajstić information content (AvgIpc) is 2.82. The summed E-state index contributed by atoms with van der Waals surface area (Å²) in [7, 11) is 3.57. The zero-order valence-electron chi connectivity index (χ0n) is 10.9. The van der Waals surface area contributed by atoms with Crippen LogP contribution in [0.5, 0.6) is 5.75 Å². The molecule has 1 aromatic carbocycles. The Morgan fingerprint density at radius 1 is 1.44 bits per heavy atom. The molecule has 5 nitrogen and oxygen atoms in total. The van der Waals surface area contributed by atoms with Crippen molar-refractivity contribution in [3.63, 3.8) is 0 Å². The summed E-state index contributed by atoms with van der Waals surface area (Å²) in [5, 5.41) is 11.4. The lowest BCUT2D eigenvalue weighted by atomic mass is 10.0. The molecule has 1 atom stereocenters. The highest BCUT2D eigenvalue weighted by Crippen LogP contribution is 2.24. The van der Waals surface area contributed by atoms with Gasteiger partial charge in [-0.1, -0.05) is 24.3 Å². The van der Waals surface area contributed by atoms with Gasteiger partial charge in [-0.25, -0.2) is 0 Å². The number of aryl methyl sites for hydroxylation is 1. The fourth-order valence-electron chi connectivity index (χ4n) is 1.98. The zero-order chi connectivity index (χ0) is 13.0. The van der Waals surface area contributed by atoms with Crippen molar-refractivity contribution in [1.29, 1.82) is 0 Å². The van der Waals surface area contributed by atoms with Crippen LogP contribution in [0.25, 0.3) is 0 Å². The van der Waals surface area contributed by atoms with Gasteiger partial charge >= 0.3 is 0 Å². The summed E-state index contributed by atoms with van der Waals surface area (Å²) in [5.74, 6) is 0.852. The van der Waals surface area contributed by atoms with E-state index in [4.69, 9.17) is 4.74 Å². The Bertz CT molecular complexity index is 509. The molecule has 1 aromatic heterocycles. The van der Waals surface area contributed by atoms with Gasteiger partial charge in [-0.05, 0) is 24.2 Å². The maximum Gasteiger partial charge on any atom is 0.119 e. The number of aromatic nitrogens is 3. The van der Waals surface area contributed by atoms with Gasteiger partial charge in [0.15, 0.2) is 0 Å². The standard InChI is InChI=1S/C13H18N4O/c1-4-14-13(12-9-15-16-17(12)2)10-6-5-7-11(8-10)18-3/h5-9,13-14H,4H2,1-3H3. The highest BCUT2D eigenvalue weighted by molar-refractivity contribution is 5.34. The van der Waals surface area contributed by atoms with E-state index in [0.29, 0.717) is 0 Å². The van der Waals surface area contributed by atoms with Crippen LogP contribution < -0.4 is 10.1 Å². The summed E-state index contributed by atoms with van der Waals surface area (Å²) in [6, 6.07) is 8.10. The van der Waals surface area contributed by atoms with Gasteiger partial charge in [-0.15, -0.1) is 5.10 Å². The lowest BCUT2D eigenvalue weighted by Crippen LogP contribution is -2.24. The number of nitrogens with zero attached hydrogens (tertiary/aromatic N) is 3. The molecule has 0 aliphatic rings. The van der Waals surface area contributed by atoms with E-state index >= 15 is 0 Å². The van der Waals surface area contributed by atoms with E-state index in [9.17, 15) is 0 Å². The SMILES string of the molecule is CCNC(c1cccc(OC)c1)c1cnnn1C. The Kier molecular flexibility index (Phi) is 3.94. The topological polar surface area (TPSA) is 52.0 Å². The number of ether oxygens (including phenoxy) is 1. The van der Waals surface area contributed by atoms with E-state index < -0.39 is 0 Å². The van der Waals surface area contributed by atoms with Crippen molar-refractivity contribution >= 4 is 0 Å². The van der Waals surface area contributed by atoms with Gasteiger partial charge in [0, 0.05) is 7.05 Å². The van der Waals surface area contributed by atoms with Crippen LogP contribution >= 0.6 is 0 Å². The number of nitrogens with one attached hydrogen (secondary N) is 1. The minimum atomic E-state index is 0.0742. The Hall–Kier alpha value is -1.88. The molecule has 0 bridgehead atoms. The van der Waals surface area contributed by atoms with Crippen LogP contribution in [-0.4, -0.2) is 28.6 Å². The Labute approximate surface area is 107 Å². The quantitative estimate of drug-likeness (QED) is 0.869. The fraction of sp³-hybridized carbons (Fsp3) is 0.385. The summed E-state index contributed by atoms with van der Waals surface area (Å²) in [4.78, 5) is 0. The van der Waals surface area contributed by atoms with Crippen LogP contribution in [0.4, 0.5) is 0 Å². The molecule has 1 unspecified atom stereocenters. The number of rotatable bonds is 5. The monoisotopic (exact) mass is 246 g/mol. The van der Waals surface area contributed by atoms with Crippen molar-refractivity contribution in [3.05, 3.63) is 41.7 Å². The Balaban J connectivity index is 2.38. The molecule has 2 rings (SSSR count). The normalized spacial score (nSPS) is 12.4. The van der Waals surface area contributed by atoms with Crippen molar-refractivity contribution in [2.24, 2.45) is 7.05 Å². The van der Waals surface area contributed by atoms with Gasteiger partial charge in [0.1, 0.15) is 5.75 Å². The van der Waals surface area contributed by atoms with Crippen molar-refractivity contribution in [1.82, 2.24) is 20.3 Å². The van der Waals surface area contributed by atoms with E-state index in [2.05, 4.69) is 28.6 Å².